The summed E-state index contributed by atoms with van der Waals surface area (Å²) in [5.41, 5.74) is 5.21. The monoisotopic (exact) mass is 191 g/mol. The number of ether oxygens (including phenoxy) is 2. The third-order valence-corrected chi connectivity index (χ3v) is 3.67. The van der Waals surface area contributed by atoms with Gasteiger partial charge in [-0.15, -0.1) is 0 Å². The molecule has 4 heteroatoms. The maximum Gasteiger partial charge on any atom is 0.140 e. The first kappa shape index (κ1) is 12.1. The van der Waals surface area contributed by atoms with Crippen LogP contribution in [0.3, 0.4) is 0 Å². The molecule has 0 aromatic heterocycles. The normalized spacial score (nSPS) is 15.0. The Labute approximate surface area is 78.0 Å². The van der Waals surface area contributed by atoms with E-state index in [1.54, 1.807) is 14.2 Å². The Morgan fingerprint density at radius 1 is 1.42 bits per heavy atom. The van der Waals surface area contributed by atoms with Gasteiger partial charge in [0, 0.05) is 14.2 Å². The van der Waals surface area contributed by atoms with Gasteiger partial charge in [0.05, 0.1) is 10.2 Å². The van der Waals surface area contributed by atoms with Crippen LogP contribution in [0.2, 0.25) is 0 Å². The molecule has 0 rings (SSSR count). The molecule has 0 fully saturated rings. The molecule has 0 spiro atoms. The highest BCUT2D eigenvalue weighted by molar-refractivity contribution is 6.13. The summed E-state index contributed by atoms with van der Waals surface area (Å²) in [5, 5.41) is 0. The van der Waals surface area contributed by atoms with Crippen molar-refractivity contribution in [1.29, 1.82) is 0 Å². The van der Waals surface area contributed by atoms with Crippen LogP contribution >= 0.6 is 0 Å². The van der Waals surface area contributed by atoms with Crippen molar-refractivity contribution in [3.63, 3.8) is 0 Å². The van der Waals surface area contributed by atoms with E-state index >= 15 is 0 Å². The average Bonchev–Trinajstić information content (AvgIpc) is 2.13. The summed E-state index contributed by atoms with van der Waals surface area (Å²) in [4.78, 5) is 0. The fourth-order valence-corrected chi connectivity index (χ4v) is 1.20. The van der Waals surface area contributed by atoms with E-state index in [9.17, 15) is 0 Å². The van der Waals surface area contributed by atoms with Gasteiger partial charge in [0.25, 0.3) is 0 Å². The van der Waals surface area contributed by atoms with E-state index < -0.39 is 0 Å². The maximum atomic E-state index is 5.51. The predicted molar refractivity (Wildman–Crippen MR) is 54.1 cm³/mol. The van der Waals surface area contributed by atoms with Crippen LogP contribution < -0.4 is 5.73 Å². The van der Waals surface area contributed by atoms with E-state index in [1.165, 1.54) is 0 Å². The van der Waals surface area contributed by atoms with Crippen LogP contribution in [-0.4, -0.2) is 36.4 Å². The zero-order valence-electron chi connectivity index (χ0n) is 8.59. The van der Waals surface area contributed by atoms with Crippen LogP contribution in [0.25, 0.3) is 0 Å². The van der Waals surface area contributed by atoms with E-state index in [-0.39, 0.29) is 5.41 Å². The summed E-state index contributed by atoms with van der Waals surface area (Å²) in [6, 6.07) is 0. The first-order valence-corrected chi connectivity index (χ1v) is 5.38. The standard InChI is InChI=1S/C8H21NO2Si/c1-7(6-9)4-5-8(12,10-2)11-3/h7H,4-6,9H2,1-3,12H3. The maximum absolute atomic E-state index is 5.51. The molecule has 2 N–H and O–H groups in total. The highest BCUT2D eigenvalue weighted by atomic mass is 28.1. The number of nitrogens with two attached hydrogens (primary N) is 1. The number of methoxy groups -OCH3 is 2. The molecule has 0 heterocycles. The average molecular weight is 191 g/mol. The molecule has 0 aromatic rings. The summed E-state index contributed by atoms with van der Waals surface area (Å²) in [6.07, 6.45) is 2.02. The second-order valence-electron chi connectivity index (χ2n) is 3.42. The Morgan fingerprint density at radius 3 is 2.25 bits per heavy atom. The number of rotatable bonds is 6. The topological polar surface area (TPSA) is 44.5 Å². The Balaban J connectivity index is 3.72. The molecule has 0 saturated heterocycles. The van der Waals surface area contributed by atoms with E-state index in [1.807, 2.05) is 0 Å². The lowest BCUT2D eigenvalue weighted by molar-refractivity contribution is -0.147. The first-order chi connectivity index (χ1) is 5.58. The molecule has 0 aromatic carbocycles. The molecular formula is C8H21NO2Si. The Morgan fingerprint density at radius 2 is 1.92 bits per heavy atom. The third-order valence-electron chi connectivity index (χ3n) is 2.36. The lowest BCUT2D eigenvalue weighted by atomic mass is 10.1. The van der Waals surface area contributed by atoms with Crippen molar-refractivity contribution in [2.75, 3.05) is 20.8 Å². The van der Waals surface area contributed by atoms with Crippen LogP contribution in [0.5, 0.6) is 0 Å². The SMILES string of the molecule is COC([SiH3])(CCC(C)CN)OC. The fourth-order valence-electron chi connectivity index (χ4n) is 0.914. The van der Waals surface area contributed by atoms with Gasteiger partial charge < -0.3 is 15.2 Å². The van der Waals surface area contributed by atoms with Crippen molar-refractivity contribution in [2.24, 2.45) is 11.7 Å². The summed E-state index contributed by atoms with van der Waals surface area (Å²) < 4.78 is 10.6. The highest BCUT2D eigenvalue weighted by Crippen LogP contribution is 2.17. The van der Waals surface area contributed by atoms with Gasteiger partial charge in [-0.25, -0.2) is 0 Å². The molecule has 0 amide bonds. The molecule has 0 aliphatic rings. The summed E-state index contributed by atoms with van der Waals surface area (Å²) in [7, 11) is 4.29. The molecule has 0 saturated carbocycles. The minimum atomic E-state index is -0.302. The Kier molecular flexibility index (Phi) is 5.74. The van der Waals surface area contributed by atoms with Crippen LogP contribution in [0, 0.1) is 5.92 Å². The van der Waals surface area contributed by atoms with E-state index in [2.05, 4.69) is 6.92 Å². The van der Waals surface area contributed by atoms with Crippen molar-refractivity contribution in [3.8, 4) is 0 Å². The van der Waals surface area contributed by atoms with E-state index in [0.717, 1.165) is 29.6 Å². The molecule has 0 aliphatic carbocycles. The Hall–Kier alpha value is 0.0969. The van der Waals surface area contributed by atoms with Crippen LogP contribution in [0.15, 0.2) is 0 Å². The largest absolute Gasteiger partial charge is 0.358 e. The zero-order chi connectivity index (χ0) is 9.61. The predicted octanol–water partition coefficient (Wildman–Crippen LogP) is -0.327. The third kappa shape index (κ3) is 4.20. The zero-order valence-corrected chi connectivity index (χ0v) is 10.6. The summed E-state index contributed by atoms with van der Waals surface area (Å²) in [5.74, 6) is 0.559. The molecule has 12 heavy (non-hydrogen) atoms. The van der Waals surface area contributed by atoms with Gasteiger partial charge in [-0.3, -0.25) is 0 Å². The number of hydrogen-bond donors (Lipinski definition) is 1. The molecule has 74 valence electrons. The molecule has 0 aliphatic heterocycles. The molecule has 0 bridgehead atoms. The second kappa shape index (κ2) is 5.69. The molecule has 1 atom stereocenters. The van der Waals surface area contributed by atoms with Gasteiger partial charge in [0.2, 0.25) is 0 Å². The summed E-state index contributed by atoms with van der Waals surface area (Å²) >= 11 is 0. The molecule has 0 radical (unpaired) electrons. The van der Waals surface area contributed by atoms with E-state index in [4.69, 9.17) is 15.2 Å². The van der Waals surface area contributed by atoms with Crippen LogP contribution in [0.1, 0.15) is 19.8 Å². The molecular weight excluding hydrogens is 170 g/mol. The summed E-state index contributed by atoms with van der Waals surface area (Å²) in [6.45, 7) is 2.89. The molecule has 3 nitrogen and oxygen atoms in total. The second-order valence-corrected chi connectivity index (χ2v) is 4.95. The smallest absolute Gasteiger partial charge is 0.140 e. The van der Waals surface area contributed by atoms with Crippen molar-refractivity contribution >= 4 is 10.2 Å². The Bertz CT molecular complexity index is 118. The van der Waals surface area contributed by atoms with Crippen molar-refractivity contribution in [3.05, 3.63) is 0 Å². The first-order valence-electron chi connectivity index (χ1n) is 4.38. The van der Waals surface area contributed by atoms with Crippen molar-refractivity contribution < 1.29 is 9.47 Å². The number of hydrogen-bond acceptors (Lipinski definition) is 3. The lowest BCUT2D eigenvalue weighted by Gasteiger charge is -2.27. The van der Waals surface area contributed by atoms with Gasteiger partial charge in [-0.2, -0.15) is 0 Å². The van der Waals surface area contributed by atoms with Gasteiger partial charge in [-0.1, -0.05) is 6.92 Å². The van der Waals surface area contributed by atoms with Crippen molar-refractivity contribution in [1.82, 2.24) is 0 Å². The fraction of sp³-hybridized carbons (Fsp3) is 1.00. The van der Waals surface area contributed by atoms with Crippen molar-refractivity contribution in [2.45, 2.75) is 25.2 Å². The van der Waals surface area contributed by atoms with Gasteiger partial charge in [0.15, 0.2) is 0 Å². The minimum absolute atomic E-state index is 0.302. The van der Waals surface area contributed by atoms with Gasteiger partial charge in [-0.05, 0) is 25.3 Å². The lowest BCUT2D eigenvalue weighted by Crippen LogP contribution is -2.35. The minimum Gasteiger partial charge on any atom is -0.358 e. The highest BCUT2D eigenvalue weighted by Gasteiger charge is 2.22. The van der Waals surface area contributed by atoms with Crippen LogP contribution in [0.4, 0.5) is 0 Å². The van der Waals surface area contributed by atoms with Gasteiger partial charge >= 0.3 is 0 Å². The van der Waals surface area contributed by atoms with E-state index in [0.29, 0.717) is 5.92 Å². The quantitative estimate of drug-likeness (QED) is 0.462. The van der Waals surface area contributed by atoms with Gasteiger partial charge in [0.1, 0.15) is 5.41 Å². The van der Waals surface area contributed by atoms with Crippen LogP contribution in [-0.2, 0) is 9.47 Å². The molecule has 1 unspecified atom stereocenters.